The summed E-state index contributed by atoms with van der Waals surface area (Å²) in [5.74, 6) is -0.894. The van der Waals surface area contributed by atoms with E-state index in [2.05, 4.69) is 25.6 Å². The molecule has 0 spiro atoms. The lowest BCUT2D eigenvalue weighted by molar-refractivity contribution is -0.144. The Morgan fingerprint density at radius 3 is 2.66 bits per heavy atom. The standard InChI is InChI=1S/C25H22F5N7O/c26-12-24(6-7-24)20-18(27)3-4-19(34-20)37-21-17(22(38)36(37)13-25(28,29)30)11-32-23(35-21)33-16-2-1-14-5-8-31-10-15(14)9-16/h1-4,9,11,31H,5-8,10,12-13H2,(H,32,33,35). The van der Waals surface area contributed by atoms with E-state index in [0.29, 0.717) is 29.8 Å². The number of pyridine rings is 1. The predicted octanol–water partition coefficient (Wildman–Crippen LogP) is 4.07. The summed E-state index contributed by atoms with van der Waals surface area (Å²) in [6.45, 7) is -0.902. The van der Waals surface area contributed by atoms with Crippen molar-refractivity contribution in [1.82, 2.24) is 29.6 Å². The normalized spacial score (nSPS) is 16.4. The van der Waals surface area contributed by atoms with Crippen molar-refractivity contribution in [3.05, 3.63) is 69.5 Å². The molecule has 1 fully saturated rings. The summed E-state index contributed by atoms with van der Waals surface area (Å²) in [5, 5.41) is 6.15. The van der Waals surface area contributed by atoms with Gasteiger partial charge in [-0.3, -0.25) is 9.18 Å². The molecule has 198 valence electrons. The zero-order valence-electron chi connectivity index (χ0n) is 19.9. The Balaban J connectivity index is 1.48. The van der Waals surface area contributed by atoms with Gasteiger partial charge in [-0.1, -0.05) is 6.07 Å². The lowest BCUT2D eigenvalue weighted by atomic mass is 10.0. The largest absolute Gasteiger partial charge is 0.408 e. The van der Waals surface area contributed by atoms with E-state index in [-0.39, 0.29) is 28.5 Å². The zero-order chi connectivity index (χ0) is 26.7. The van der Waals surface area contributed by atoms with Crippen LogP contribution in [-0.2, 0) is 24.9 Å². The maximum absolute atomic E-state index is 14.6. The van der Waals surface area contributed by atoms with E-state index in [9.17, 15) is 26.7 Å². The Kier molecular flexibility index (Phi) is 5.70. The second-order valence-electron chi connectivity index (χ2n) is 9.67. The molecule has 2 aliphatic rings. The lowest BCUT2D eigenvalue weighted by Gasteiger charge is -2.18. The van der Waals surface area contributed by atoms with Crippen LogP contribution in [0.1, 0.15) is 29.7 Å². The molecule has 0 atom stereocenters. The highest BCUT2D eigenvalue weighted by Gasteiger charge is 2.48. The number of hydrogen-bond donors (Lipinski definition) is 2. The third-order valence-electron chi connectivity index (χ3n) is 7.01. The maximum Gasteiger partial charge on any atom is 0.408 e. The third kappa shape index (κ3) is 4.30. The SMILES string of the molecule is O=c1c2cnc(Nc3ccc4c(c3)CNCC4)nc2n(-c2ccc(F)c(C3(CF)CC3)n2)n1CC(F)(F)F. The van der Waals surface area contributed by atoms with Gasteiger partial charge in [0.2, 0.25) is 5.95 Å². The van der Waals surface area contributed by atoms with E-state index < -0.39 is 36.2 Å². The van der Waals surface area contributed by atoms with E-state index in [0.717, 1.165) is 41.5 Å². The van der Waals surface area contributed by atoms with Crippen molar-refractivity contribution in [2.75, 3.05) is 18.5 Å². The second kappa shape index (κ2) is 8.86. The summed E-state index contributed by atoms with van der Waals surface area (Å²) >= 11 is 0. The molecule has 6 rings (SSSR count). The Morgan fingerprint density at radius 1 is 1.11 bits per heavy atom. The van der Waals surface area contributed by atoms with Gasteiger partial charge in [-0.05, 0) is 61.2 Å². The first-order valence-corrected chi connectivity index (χ1v) is 12.1. The minimum absolute atomic E-state index is 0.0453. The molecular formula is C25H22F5N7O. The number of fused-ring (bicyclic) bond motifs is 2. The van der Waals surface area contributed by atoms with Crippen molar-refractivity contribution >= 4 is 22.7 Å². The summed E-state index contributed by atoms with van der Waals surface area (Å²) in [7, 11) is 0. The first kappa shape index (κ1) is 24.5. The zero-order valence-corrected chi connectivity index (χ0v) is 19.9. The van der Waals surface area contributed by atoms with Crippen LogP contribution in [0.15, 0.2) is 41.3 Å². The van der Waals surface area contributed by atoms with Crippen LogP contribution in [0.25, 0.3) is 16.9 Å². The molecule has 4 aromatic rings. The average Bonchev–Trinajstić information content (AvgIpc) is 3.64. The summed E-state index contributed by atoms with van der Waals surface area (Å²) in [4.78, 5) is 25.7. The number of hydrogen-bond acceptors (Lipinski definition) is 6. The first-order chi connectivity index (χ1) is 18.2. The molecule has 4 heterocycles. The van der Waals surface area contributed by atoms with Crippen LogP contribution in [0.5, 0.6) is 0 Å². The molecule has 0 saturated heterocycles. The van der Waals surface area contributed by atoms with Gasteiger partial charge < -0.3 is 10.6 Å². The fourth-order valence-electron chi connectivity index (χ4n) is 4.83. The number of halogens is 5. The minimum atomic E-state index is -4.75. The van der Waals surface area contributed by atoms with E-state index in [1.807, 2.05) is 18.2 Å². The summed E-state index contributed by atoms with van der Waals surface area (Å²) in [6, 6.07) is 7.92. The molecule has 1 aliphatic carbocycles. The predicted molar refractivity (Wildman–Crippen MR) is 129 cm³/mol. The fourth-order valence-corrected chi connectivity index (χ4v) is 4.83. The molecule has 8 nitrogen and oxygen atoms in total. The highest BCUT2D eigenvalue weighted by atomic mass is 19.4. The van der Waals surface area contributed by atoms with Crippen molar-refractivity contribution in [2.45, 2.75) is 43.9 Å². The van der Waals surface area contributed by atoms with Crippen LogP contribution < -0.4 is 16.2 Å². The topological polar surface area (TPSA) is 89.7 Å². The first-order valence-electron chi connectivity index (χ1n) is 12.1. The summed E-state index contributed by atoms with van der Waals surface area (Å²) in [6.07, 6.45) is -1.98. The quantitative estimate of drug-likeness (QED) is 0.365. The van der Waals surface area contributed by atoms with Gasteiger partial charge in [0.25, 0.3) is 5.56 Å². The minimum Gasteiger partial charge on any atom is -0.324 e. The van der Waals surface area contributed by atoms with Crippen molar-refractivity contribution in [3.63, 3.8) is 0 Å². The van der Waals surface area contributed by atoms with Gasteiger partial charge >= 0.3 is 6.18 Å². The molecule has 38 heavy (non-hydrogen) atoms. The molecule has 13 heteroatoms. The molecule has 0 radical (unpaired) electrons. The van der Waals surface area contributed by atoms with Crippen LogP contribution in [0.2, 0.25) is 0 Å². The fraction of sp³-hybridized carbons (Fsp3) is 0.360. The van der Waals surface area contributed by atoms with Crippen LogP contribution >= 0.6 is 0 Å². The van der Waals surface area contributed by atoms with Crippen LogP contribution in [-0.4, -0.2) is 43.7 Å². The Bertz CT molecular complexity index is 1610. The number of rotatable bonds is 6. The van der Waals surface area contributed by atoms with E-state index in [1.54, 1.807) is 0 Å². The Hall–Kier alpha value is -3.87. The van der Waals surface area contributed by atoms with Crippen molar-refractivity contribution in [1.29, 1.82) is 0 Å². The van der Waals surface area contributed by atoms with Crippen molar-refractivity contribution in [2.24, 2.45) is 0 Å². The molecule has 1 aliphatic heterocycles. The molecule has 0 bridgehead atoms. The molecule has 3 aromatic heterocycles. The molecule has 0 amide bonds. The van der Waals surface area contributed by atoms with Gasteiger partial charge in [-0.2, -0.15) is 18.2 Å². The Morgan fingerprint density at radius 2 is 1.92 bits per heavy atom. The number of nitrogens with one attached hydrogen (secondary N) is 2. The number of aromatic nitrogens is 5. The number of anilines is 2. The number of benzene rings is 1. The van der Waals surface area contributed by atoms with Crippen LogP contribution in [0.4, 0.5) is 33.6 Å². The van der Waals surface area contributed by atoms with Gasteiger partial charge in [0, 0.05) is 23.8 Å². The molecule has 1 aromatic carbocycles. The molecule has 1 saturated carbocycles. The van der Waals surface area contributed by atoms with Gasteiger partial charge in [0.15, 0.2) is 11.5 Å². The van der Waals surface area contributed by atoms with Gasteiger partial charge in [-0.15, -0.1) is 0 Å². The monoisotopic (exact) mass is 531 g/mol. The number of nitrogens with zero attached hydrogens (tertiary/aromatic N) is 5. The van der Waals surface area contributed by atoms with E-state index >= 15 is 0 Å². The molecular weight excluding hydrogens is 509 g/mol. The van der Waals surface area contributed by atoms with E-state index in [4.69, 9.17) is 0 Å². The number of alkyl halides is 4. The highest BCUT2D eigenvalue weighted by molar-refractivity contribution is 5.77. The van der Waals surface area contributed by atoms with Crippen molar-refractivity contribution in [3.8, 4) is 5.82 Å². The van der Waals surface area contributed by atoms with E-state index in [1.165, 1.54) is 5.56 Å². The molecule has 2 N–H and O–H groups in total. The average molecular weight is 531 g/mol. The second-order valence-corrected chi connectivity index (χ2v) is 9.67. The lowest BCUT2D eigenvalue weighted by Crippen LogP contribution is -2.30. The van der Waals surface area contributed by atoms with Crippen LogP contribution in [0, 0.1) is 5.82 Å². The van der Waals surface area contributed by atoms with Gasteiger partial charge in [-0.25, -0.2) is 23.7 Å². The maximum atomic E-state index is 14.6. The Labute approximate surface area is 212 Å². The van der Waals surface area contributed by atoms with Gasteiger partial charge in [0.1, 0.15) is 24.4 Å². The van der Waals surface area contributed by atoms with Crippen molar-refractivity contribution < 1.29 is 22.0 Å². The highest BCUT2D eigenvalue weighted by Crippen LogP contribution is 2.48. The van der Waals surface area contributed by atoms with Gasteiger partial charge in [0.05, 0.1) is 5.69 Å². The summed E-state index contributed by atoms with van der Waals surface area (Å²) in [5.41, 5.74) is 0.552. The molecule has 0 unspecified atom stereocenters. The summed E-state index contributed by atoms with van der Waals surface area (Å²) < 4.78 is 70.1. The third-order valence-corrected chi connectivity index (χ3v) is 7.01. The smallest absolute Gasteiger partial charge is 0.324 e. The van der Waals surface area contributed by atoms with Crippen LogP contribution in [0.3, 0.4) is 0 Å².